The van der Waals surface area contributed by atoms with Gasteiger partial charge in [-0.15, -0.1) is 11.3 Å². The van der Waals surface area contributed by atoms with Gasteiger partial charge in [0.15, 0.2) is 11.5 Å². The minimum absolute atomic E-state index is 0.277. The number of carbonyl (C=O) groups is 2. The molecule has 1 amide bonds. The lowest BCUT2D eigenvalue weighted by molar-refractivity contribution is -0.116. The van der Waals surface area contributed by atoms with Crippen molar-refractivity contribution >= 4 is 44.5 Å². The fourth-order valence-corrected chi connectivity index (χ4v) is 3.58. The molecule has 0 unspecified atom stereocenters. The van der Waals surface area contributed by atoms with Crippen LogP contribution in [0.1, 0.15) is 18.9 Å². The van der Waals surface area contributed by atoms with E-state index in [2.05, 4.69) is 40.6 Å². The first kappa shape index (κ1) is 25.2. The molecule has 33 heavy (non-hydrogen) atoms. The molecular formula is C26H26N4O2S. The van der Waals surface area contributed by atoms with Crippen molar-refractivity contribution in [3.8, 4) is 0 Å². The number of hydrogen-bond donors (Lipinski definition) is 2. The van der Waals surface area contributed by atoms with E-state index in [1.807, 2.05) is 37.3 Å². The van der Waals surface area contributed by atoms with Crippen LogP contribution in [0, 0.1) is 0 Å². The predicted octanol–water partition coefficient (Wildman–Crippen LogP) is 5.23. The van der Waals surface area contributed by atoms with Crippen LogP contribution >= 0.6 is 11.3 Å². The van der Waals surface area contributed by atoms with Crippen molar-refractivity contribution in [3.05, 3.63) is 109 Å². The Balaban J connectivity index is 2.26. The number of thiazole rings is 1. The van der Waals surface area contributed by atoms with Gasteiger partial charge in [0.2, 0.25) is 0 Å². The maximum atomic E-state index is 12.5. The number of nitrogens with one attached hydrogen (secondary N) is 2. The van der Waals surface area contributed by atoms with E-state index in [1.54, 1.807) is 41.7 Å². The Hall–Kier alpha value is -4.10. The quantitative estimate of drug-likeness (QED) is 0.209. The summed E-state index contributed by atoms with van der Waals surface area (Å²) in [6.45, 7) is 14.3. The highest BCUT2D eigenvalue weighted by Crippen LogP contribution is 2.27. The second kappa shape index (κ2) is 12.7. The van der Waals surface area contributed by atoms with Crippen LogP contribution in [0.2, 0.25) is 0 Å². The van der Waals surface area contributed by atoms with E-state index >= 15 is 0 Å². The number of ketones is 1. The van der Waals surface area contributed by atoms with Crippen molar-refractivity contribution in [2.24, 2.45) is 5.10 Å². The van der Waals surface area contributed by atoms with Crippen LogP contribution in [0.5, 0.6) is 0 Å². The minimum atomic E-state index is -0.638. The van der Waals surface area contributed by atoms with E-state index in [-0.39, 0.29) is 5.71 Å². The molecule has 1 aromatic carbocycles. The fourth-order valence-electron chi connectivity index (χ4n) is 2.60. The molecule has 1 aromatic heterocycles. The zero-order valence-corrected chi connectivity index (χ0v) is 19.5. The van der Waals surface area contributed by atoms with Crippen LogP contribution in [0.15, 0.2) is 109 Å². The van der Waals surface area contributed by atoms with Crippen LogP contribution in [0.4, 0.5) is 0 Å². The number of nitrogens with zero attached hydrogens (tertiary/aromatic N) is 2. The second-order valence-corrected chi connectivity index (χ2v) is 7.61. The smallest absolute Gasteiger partial charge is 0.279 e. The van der Waals surface area contributed by atoms with Gasteiger partial charge in [0.05, 0.1) is 15.9 Å². The first-order valence-corrected chi connectivity index (χ1v) is 10.9. The number of fused-ring (bicyclic) bond motifs is 1. The summed E-state index contributed by atoms with van der Waals surface area (Å²) in [6, 6.07) is 7.88. The van der Waals surface area contributed by atoms with E-state index in [0.29, 0.717) is 11.4 Å². The lowest BCUT2D eigenvalue weighted by Crippen LogP contribution is -2.35. The molecule has 0 aliphatic carbocycles. The van der Waals surface area contributed by atoms with Gasteiger partial charge < -0.3 is 5.32 Å². The lowest BCUT2D eigenvalue weighted by Gasteiger charge is -2.07. The first-order valence-electron chi connectivity index (χ1n) is 10.1. The van der Waals surface area contributed by atoms with E-state index in [0.717, 1.165) is 20.8 Å². The van der Waals surface area contributed by atoms with Gasteiger partial charge in [-0.1, -0.05) is 50.1 Å². The number of rotatable bonds is 11. The molecule has 0 fully saturated rings. The summed E-state index contributed by atoms with van der Waals surface area (Å²) in [5.41, 5.74) is 5.15. The van der Waals surface area contributed by atoms with Gasteiger partial charge >= 0.3 is 0 Å². The number of aromatic nitrogens is 1. The van der Waals surface area contributed by atoms with Crippen LogP contribution < -0.4 is 10.7 Å². The topological polar surface area (TPSA) is 83.4 Å². The molecule has 0 spiro atoms. The number of para-hydroxylation sites is 1. The first-order chi connectivity index (χ1) is 15.9. The van der Waals surface area contributed by atoms with E-state index in [9.17, 15) is 9.59 Å². The number of Topliss-reactive ketones (excluding diaryl/α,β-unsaturated/α-hetero) is 1. The Morgan fingerprint density at radius 3 is 2.42 bits per heavy atom. The SMILES string of the molecule is C=C/C=C(\C=C/C)NC(=O)/C(=N\N/C(C=C)=C/C=C(\C=C)c1nc2ccccc2s1)C(C)=O. The maximum absolute atomic E-state index is 12.5. The van der Waals surface area contributed by atoms with E-state index < -0.39 is 11.7 Å². The highest BCUT2D eigenvalue weighted by atomic mass is 32.1. The third-order valence-corrected chi connectivity index (χ3v) is 5.26. The summed E-state index contributed by atoms with van der Waals surface area (Å²) in [6.07, 6.45) is 13.4. The number of allylic oxidation sites excluding steroid dienone is 9. The third-order valence-electron chi connectivity index (χ3n) is 4.17. The summed E-state index contributed by atoms with van der Waals surface area (Å²) in [4.78, 5) is 29.2. The Bertz CT molecular complexity index is 1190. The highest BCUT2D eigenvalue weighted by Gasteiger charge is 2.17. The molecule has 2 N–H and O–H groups in total. The fraction of sp³-hybridized carbons (Fsp3) is 0.0769. The molecule has 0 bridgehead atoms. The average molecular weight is 459 g/mol. The van der Waals surface area contributed by atoms with Crippen LogP contribution in [0.25, 0.3) is 15.8 Å². The van der Waals surface area contributed by atoms with E-state index in [4.69, 9.17) is 0 Å². The average Bonchev–Trinajstić information content (AvgIpc) is 3.22. The minimum Gasteiger partial charge on any atom is -0.320 e. The molecule has 1 heterocycles. The standard InChI is InChI=1S/C26H26N4O2S/c1-6-12-21(13-7-2)27-25(32)24(18(5)31)30-29-20(9-4)17-16-19(8-3)26-28-22-14-10-11-15-23(22)33-26/h6-17,29H,1,3-4H2,2,5H3,(H,27,32)/b13-7-,19-16+,20-17+,21-12+,30-24-. The van der Waals surface area contributed by atoms with Gasteiger partial charge in [-0.2, -0.15) is 5.10 Å². The summed E-state index contributed by atoms with van der Waals surface area (Å²) >= 11 is 1.56. The molecule has 0 aliphatic heterocycles. The summed E-state index contributed by atoms with van der Waals surface area (Å²) in [7, 11) is 0. The zero-order valence-electron chi connectivity index (χ0n) is 18.7. The van der Waals surface area contributed by atoms with Crippen LogP contribution in [0.3, 0.4) is 0 Å². The third kappa shape index (κ3) is 7.22. The van der Waals surface area contributed by atoms with Gasteiger partial charge in [-0.3, -0.25) is 15.0 Å². The summed E-state index contributed by atoms with van der Waals surface area (Å²) in [5.74, 6) is -1.12. The molecule has 0 saturated carbocycles. The van der Waals surface area contributed by atoms with Crippen molar-refractivity contribution < 1.29 is 9.59 Å². The molecule has 2 rings (SSSR count). The largest absolute Gasteiger partial charge is 0.320 e. The zero-order chi connectivity index (χ0) is 24.2. The van der Waals surface area contributed by atoms with Crippen molar-refractivity contribution in [1.82, 2.24) is 15.7 Å². The molecule has 0 atom stereocenters. The highest BCUT2D eigenvalue weighted by molar-refractivity contribution is 7.19. The summed E-state index contributed by atoms with van der Waals surface area (Å²) < 4.78 is 1.08. The van der Waals surface area contributed by atoms with Gasteiger partial charge in [0.1, 0.15) is 5.01 Å². The number of carbonyl (C=O) groups excluding carboxylic acids is 2. The number of benzene rings is 1. The Morgan fingerprint density at radius 2 is 1.82 bits per heavy atom. The van der Waals surface area contributed by atoms with Crippen molar-refractivity contribution in [2.75, 3.05) is 0 Å². The van der Waals surface area contributed by atoms with Crippen molar-refractivity contribution in [3.63, 3.8) is 0 Å². The molecule has 6 nitrogen and oxygen atoms in total. The Kier molecular flexibility index (Phi) is 9.67. The van der Waals surface area contributed by atoms with Gasteiger partial charge in [-0.25, -0.2) is 4.98 Å². The van der Waals surface area contributed by atoms with Crippen molar-refractivity contribution in [1.29, 1.82) is 0 Å². The molecule has 0 radical (unpaired) electrons. The predicted molar refractivity (Wildman–Crippen MR) is 139 cm³/mol. The van der Waals surface area contributed by atoms with Gasteiger partial charge in [-0.05, 0) is 49.4 Å². The summed E-state index contributed by atoms with van der Waals surface area (Å²) in [5, 5.41) is 7.45. The lowest BCUT2D eigenvalue weighted by atomic mass is 10.2. The van der Waals surface area contributed by atoms with E-state index in [1.165, 1.54) is 19.1 Å². The molecule has 0 aliphatic rings. The monoisotopic (exact) mass is 458 g/mol. The van der Waals surface area contributed by atoms with Gasteiger partial charge in [0.25, 0.3) is 5.91 Å². The second-order valence-electron chi connectivity index (χ2n) is 6.58. The van der Waals surface area contributed by atoms with Crippen molar-refractivity contribution in [2.45, 2.75) is 13.8 Å². The number of hydrazone groups is 1. The Morgan fingerprint density at radius 1 is 1.06 bits per heavy atom. The Labute approximate surface area is 197 Å². The molecular weight excluding hydrogens is 432 g/mol. The number of amides is 1. The van der Waals surface area contributed by atoms with Crippen LogP contribution in [-0.4, -0.2) is 22.4 Å². The number of hydrogen-bond acceptors (Lipinski definition) is 6. The molecule has 0 saturated heterocycles. The van der Waals surface area contributed by atoms with Crippen LogP contribution in [-0.2, 0) is 9.59 Å². The normalized spacial score (nSPS) is 13.2. The molecule has 168 valence electrons. The van der Waals surface area contributed by atoms with Gasteiger partial charge in [0, 0.05) is 18.2 Å². The molecule has 2 aromatic rings. The maximum Gasteiger partial charge on any atom is 0.279 e. The molecule has 7 heteroatoms.